The van der Waals surface area contributed by atoms with Crippen molar-refractivity contribution in [1.29, 1.82) is 0 Å². The smallest absolute Gasteiger partial charge is 0.135 e. The fourth-order valence-corrected chi connectivity index (χ4v) is 2.96. The van der Waals surface area contributed by atoms with Gasteiger partial charge in [-0.3, -0.25) is 0 Å². The third-order valence-corrected chi connectivity index (χ3v) is 4.48. The van der Waals surface area contributed by atoms with E-state index in [4.69, 9.17) is 14.2 Å². The van der Waals surface area contributed by atoms with E-state index >= 15 is 0 Å². The van der Waals surface area contributed by atoms with E-state index < -0.39 is 0 Å². The largest absolute Gasteiger partial charge is 0.497 e. The van der Waals surface area contributed by atoms with Crippen molar-refractivity contribution in [3.05, 3.63) is 103 Å². The van der Waals surface area contributed by atoms with Crippen molar-refractivity contribution in [2.45, 2.75) is 6.92 Å². The van der Waals surface area contributed by atoms with Crippen LogP contribution in [0.15, 0.2) is 91.0 Å². The Balaban J connectivity index is 1.60. The second kappa shape index (κ2) is 8.53. The Morgan fingerprint density at radius 3 is 2.10 bits per heavy atom. The molecule has 0 atom stereocenters. The molecule has 0 aromatic heterocycles. The Morgan fingerprint density at radius 2 is 1.34 bits per heavy atom. The summed E-state index contributed by atoms with van der Waals surface area (Å²) in [7, 11) is 1.64. The number of benzene rings is 4. The maximum atomic E-state index is 6.12. The van der Waals surface area contributed by atoms with Gasteiger partial charge in [-0.25, -0.2) is 0 Å². The summed E-state index contributed by atoms with van der Waals surface area (Å²) in [6, 6.07) is 32.5. The van der Waals surface area contributed by atoms with Gasteiger partial charge in [-0.2, -0.15) is 0 Å². The Morgan fingerprint density at radius 1 is 0.655 bits per heavy atom. The molecule has 0 spiro atoms. The third-order valence-electron chi connectivity index (χ3n) is 4.48. The summed E-state index contributed by atoms with van der Waals surface area (Å²) in [6.07, 6.45) is 0. The second-order valence-corrected chi connectivity index (χ2v) is 6.63. The molecule has 29 heavy (non-hydrogen) atoms. The molecule has 3 heteroatoms. The molecule has 1 radical (unpaired) electrons. The third kappa shape index (κ3) is 4.58. The lowest BCUT2D eigenvalue weighted by molar-refractivity contribution is 0.413. The van der Waals surface area contributed by atoms with Crippen LogP contribution >= 0.6 is 0 Å². The van der Waals surface area contributed by atoms with Crippen molar-refractivity contribution in [1.82, 2.24) is 0 Å². The molecule has 0 N–H and O–H groups in total. The monoisotopic (exact) mass is 381 g/mol. The van der Waals surface area contributed by atoms with Crippen LogP contribution in [0, 0.1) is 13.0 Å². The summed E-state index contributed by atoms with van der Waals surface area (Å²) in [5.74, 6) is 3.82. The van der Waals surface area contributed by atoms with Crippen molar-refractivity contribution >= 4 is 0 Å². The molecular formula is C26H21O3. The topological polar surface area (TPSA) is 27.7 Å². The number of hydrogen-bond donors (Lipinski definition) is 0. The van der Waals surface area contributed by atoms with Crippen LogP contribution in [0.4, 0.5) is 0 Å². The lowest BCUT2D eigenvalue weighted by Crippen LogP contribution is -1.90. The van der Waals surface area contributed by atoms with Crippen molar-refractivity contribution in [3.63, 3.8) is 0 Å². The van der Waals surface area contributed by atoms with E-state index in [1.165, 1.54) is 5.56 Å². The SMILES string of the molecule is COc1ccc(Oc2cccc(-c3[c]cccc3Oc3ccc(C)cc3)c2)cc1. The second-order valence-electron chi connectivity index (χ2n) is 6.63. The Hall–Kier alpha value is -3.72. The van der Waals surface area contributed by atoms with E-state index in [9.17, 15) is 0 Å². The van der Waals surface area contributed by atoms with Crippen LogP contribution in [0.25, 0.3) is 11.1 Å². The van der Waals surface area contributed by atoms with Crippen LogP contribution in [0.1, 0.15) is 5.56 Å². The minimum atomic E-state index is 0.742. The minimum absolute atomic E-state index is 0.742. The Kier molecular flexibility index (Phi) is 5.48. The zero-order valence-electron chi connectivity index (χ0n) is 16.4. The zero-order chi connectivity index (χ0) is 20.1. The van der Waals surface area contributed by atoms with Gasteiger partial charge in [0.05, 0.1) is 7.11 Å². The molecule has 0 unspecified atom stereocenters. The van der Waals surface area contributed by atoms with E-state index in [0.29, 0.717) is 0 Å². The van der Waals surface area contributed by atoms with Gasteiger partial charge in [-0.1, -0.05) is 42.0 Å². The van der Waals surface area contributed by atoms with Crippen LogP contribution in [0.5, 0.6) is 28.7 Å². The number of aryl methyl sites for hydroxylation is 1. The normalized spacial score (nSPS) is 10.4. The predicted octanol–water partition coefficient (Wildman–Crippen LogP) is 7.06. The quantitative estimate of drug-likeness (QED) is 0.358. The summed E-state index contributed by atoms with van der Waals surface area (Å²) in [5.41, 5.74) is 3.05. The van der Waals surface area contributed by atoms with Crippen LogP contribution in [0.3, 0.4) is 0 Å². The van der Waals surface area contributed by atoms with E-state index in [2.05, 4.69) is 13.0 Å². The predicted molar refractivity (Wildman–Crippen MR) is 115 cm³/mol. The number of ether oxygens (including phenoxy) is 3. The fourth-order valence-electron chi connectivity index (χ4n) is 2.96. The first-order chi connectivity index (χ1) is 14.2. The molecule has 0 bridgehead atoms. The number of methoxy groups -OCH3 is 1. The van der Waals surface area contributed by atoms with E-state index in [-0.39, 0.29) is 0 Å². The van der Waals surface area contributed by atoms with E-state index in [0.717, 1.165) is 39.9 Å². The Bertz CT molecular complexity index is 1080. The van der Waals surface area contributed by atoms with Crippen molar-refractivity contribution in [2.75, 3.05) is 7.11 Å². The lowest BCUT2D eigenvalue weighted by Gasteiger charge is -2.13. The molecule has 0 fully saturated rings. The number of hydrogen-bond acceptors (Lipinski definition) is 3. The maximum absolute atomic E-state index is 6.12. The fraction of sp³-hybridized carbons (Fsp3) is 0.0769. The molecule has 0 heterocycles. The summed E-state index contributed by atoms with van der Waals surface area (Å²) < 4.78 is 17.3. The van der Waals surface area contributed by atoms with Crippen LogP contribution in [0.2, 0.25) is 0 Å². The van der Waals surface area contributed by atoms with Crippen molar-refractivity contribution in [2.24, 2.45) is 0 Å². The van der Waals surface area contributed by atoms with Gasteiger partial charge in [0.2, 0.25) is 0 Å². The zero-order valence-corrected chi connectivity index (χ0v) is 16.4. The molecule has 0 aliphatic carbocycles. The maximum Gasteiger partial charge on any atom is 0.135 e. The highest BCUT2D eigenvalue weighted by atomic mass is 16.5. The highest BCUT2D eigenvalue weighted by Crippen LogP contribution is 2.35. The first kappa shape index (κ1) is 18.6. The first-order valence-corrected chi connectivity index (χ1v) is 9.39. The van der Waals surface area contributed by atoms with Crippen LogP contribution in [-0.2, 0) is 0 Å². The van der Waals surface area contributed by atoms with Gasteiger partial charge in [0, 0.05) is 5.56 Å². The highest BCUT2D eigenvalue weighted by Gasteiger charge is 2.09. The highest BCUT2D eigenvalue weighted by molar-refractivity contribution is 5.71. The van der Waals surface area contributed by atoms with Crippen LogP contribution < -0.4 is 14.2 Å². The molecule has 4 aromatic carbocycles. The van der Waals surface area contributed by atoms with Gasteiger partial charge in [0.1, 0.15) is 28.7 Å². The molecule has 0 aliphatic heterocycles. The Labute approximate surface area is 171 Å². The van der Waals surface area contributed by atoms with Crippen molar-refractivity contribution in [3.8, 4) is 39.9 Å². The summed E-state index contributed by atoms with van der Waals surface area (Å²) in [4.78, 5) is 0. The summed E-state index contributed by atoms with van der Waals surface area (Å²) in [5, 5.41) is 0. The molecule has 3 nitrogen and oxygen atoms in total. The average molecular weight is 381 g/mol. The summed E-state index contributed by atoms with van der Waals surface area (Å²) in [6.45, 7) is 2.06. The molecule has 4 rings (SSSR count). The molecule has 0 aliphatic rings. The van der Waals surface area contributed by atoms with Crippen LogP contribution in [-0.4, -0.2) is 7.11 Å². The summed E-state index contributed by atoms with van der Waals surface area (Å²) >= 11 is 0. The molecule has 143 valence electrons. The van der Waals surface area contributed by atoms with Gasteiger partial charge in [-0.15, -0.1) is 0 Å². The molecule has 0 saturated heterocycles. The average Bonchev–Trinajstić information content (AvgIpc) is 2.76. The standard InChI is InChI=1S/C26H21O3/c1-19-10-12-23(13-11-19)29-26-9-4-3-8-25(26)20-6-5-7-24(18-20)28-22-16-14-21(27-2)15-17-22/h3-7,9-18H,1-2H3. The number of rotatable bonds is 6. The van der Waals surface area contributed by atoms with Gasteiger partial charge in [0.25, 0.3) is 0 Å². The van der Waals surface area contributed by atoms with E-state index in [1.54, 1.807) is 7.11 Å². The minimum Gasteiger partial charge on any atom is -0.497 e. The molecular weight excluding hydrogens is 360 g/mol. The van der Waals surface area contributed by atoms with Crippen molar-refractivity contribution < 1.29 is 14.2 Å². The molecule has 4 aromatic rings. The van der Waals surface area contributed by atoms with E-state index in [1.807, 2.05) is 91.0 Å². The van der Waals surface area contributed by atoms with Gasteiger partial charge in [-0.05, 0) is 73.2 Å². The molecule has 0 amide bonds. The van der Waals surface area contributed by atoms with Gasteiger partial charge < -0.3 is 14.2 Å². The van der Waals surface area contributed by atoms with Gasteiger partial charge >= 0.3 is 0 Å². The lowest BCUT2D eigenvalue weighted by atomic mass is 10.0. The van der Waals surface area contributed by atoms with Gasteiger partial charge in [0.15, 0.2) is 0 Å². The molecule has 0 saturated carbocycles. The first-order valence-electron chi connectivity index (χ1n) is 9.39.